The van der Waals surface area contributed by atoms with Crippen molar-refractivity contribution in [2.75, 3.05) is 0 Å². The highest BCUT2D eigenvalue weighted by molar-refractivity contribution is 5.17. The van der Waals surface area contributed by atoms with Crippen LogP contribution >= 0.6 is 0 Å². The summed E-state index contributed by atoms with van der Waals surface area (Å²) in [7, 11) is 0. The van der Waals surface area contributed by atoms with Gasteiger partial charge in [0.2, 0.25) is 0 Å². The van der Waals surface area contributed by atoms with E-state index in [4.69, 9.17) is 0 Å². The van der Waals surface area contributed by atoms with Crippen LogP contribution in [0.1, 0.15) is 41.5 Å². The van der Waals surface area contributed by atoms with Crippen LogP contribution in [0.15, 0.2) is 12.2 Å². The first-order valence-corrected chi connectivity index (χ1v) is 7.31. The van der Waals surface area contributed by atoms with Crippen molar-refractivity contribution < 1.29 is 0 Å². The summed E-state index contributed by atoms with van der Waals surface area (Å²) in [6.45, 7) is 18.7. The zero-order valence-corrected chi connectivity index (χ0v) is 12.3. The largest absolute Gasteiger partial charge is 0.307 e. The summed E-state index contributed by atoms with van der Waals surface area (Å²) >= 11 is 0. The molecule has 1 aliphatic heterocycles. The van der Waals surface area contributed by atoms with Crippen LogP contribution in [-0.2, 0) is 0 Å². The minimum atomic E-state index is 0.488. The molecule has 8 atom stereocenters. The zero-order chi connectivity index (χ0) is 12.9. The maximum absolute atomic E-state index is 4.31. The molecular formula is C16H29N. The molecule has 2 aliphatic rings. The Balaban J connectivity index is 2.31. The fraction of sp³-hybridized carbons (Fsp3) is 0.875. The van der Waals surface area contributed by atoms with Crippen LogP contribution in [0.4, 0.5) is 0 Å². The van der Waals surface area contributed by atoms with Crippen molar-refractivity contribution >= 4 is 0 Å². The summed E-state index contributed by atoms with van der Waals surface area (Å²) in [4.78, 5) is 0. The van der Waals surface area contributed by atoms with Gasteiger partial charge in [0.25, 0.3) is 0 Å². The Morgan fingerprint density at radius 2 is 1.35 bits per heavy atom. The van der Waals surface area contributed by atoms with E-state index in [0.717, 1.165) is 29.6 Å². The van der Waals surface area contributed by atoms with Crippen molar-refractivity contribution in [3.05, 3.63) is 12.2 Å². The molecule has 1 heteroatoms. The molecule has 8 unspecified atom stereocenters. The zero-order valence-electron chi connectivity index (χ0n) is 12.3. The average molecular weight is 235 g/mol. The van der Waals surface area contributed by atoms with E-state index in [1.807, 2.05) is 0 Å². The smallest absolute Gasteiger partial charge is 0.0253 e. The van der Waals surface area contributed by atoms with Crippen molar-refractivity contribution in [3.63, 3.8) is 0 Å². The molecule has 1 N–H and O–H groups in total. The van der Waals surface area contributed by atoms with E-state index in [1.54, 1.807) is 0 Å². The molecular weight excluding hydrogens is 206 g/mol. The van der Waals surface area contributed by atoms with E-state index >= 15 is 0 Å². The Kier molecular flexibility index (Phi) is 3.42. The summed E-state index contributed by atoms with van der Waals surface area (Å²) in [5.74, 6) is 4.69. The molecule has 0 radical (unpaired) electrons. The minimum absolute atomic E-state index is 0.488. The van der Waals surface area contributed by atoms with Gasteiger partial charge in [-0.05, 0) is 42.4 Å². The van der Waals surface area contributed by atoms with Gasteiger partial charge in [0.05, 0.1) is 0 Å². The third-order valence-corrected chi connectivity index (χ3v) is 6.24. The molecule has 1 saturated heterocycles. The van der Waals surface area contributed by atoms with Gasteiger partial charge in [-0.1, -0.05) is 46.8 Å². The summed E-state index contributed by atoms with van der Waals surface area (Å²) in [6, 6.07) is 1.17. The molecule has 2 rings (SSSR count). The maximum atomic E-state index is 4.31. The number of piperidine rings is 1. The van der Waals surface area contributed by atoms with E-state index in [2.05, 4.69) is 53.4 Å². The number of hydrogen-bond acceptors (Lipinski definition) is 1. The molecule has 1 heterocycles. The SMILES string of the molecule is C=C1C(C)NC2C(C)C(C)C(C)C(C)C2C1C. The summed E-state index contributed by atoms with van der Waals surface area (Å²) < 4.78 is 0. The van der Waals surface area contributed by atoms with Crippen LogP contribution in [0.2, 0.25) is 0 Å². The van der Waals surface area contributed by atoms with Gasteiger partial charge < -0.3 is 5.32 Å². The second-order valence-electron chi connectivity index (χ2n) is 6.79. The molecule has 2 fully saturated rings. The lowest BCUT2D eigenvalue weighted by atomic mass is 9.56. The molecule has 0 spiro atoms. The molecule has 1 saturated carbocycles. The van der Waals surface area contributed by atoms with E-state index in [-0.39, 0.29) is 0 Å². The minimum Gasteiger partial charge on any atom is -0.307 e. The summed E-state index contributed by atoms with van der Waals surface area (Å²) in [5, 5.41) is 3.83. The van der Waals surface area contributed by atoms with Gasteiger partial charge >= 0.3 is 0 Å². The number of nitrogens with one attached hydrogen (secondary N) is 1. The second-order valence-corrected chi connectivity index (χ2v) is 6.79. The lowest BCUT2D eigenvalue weighted by Crippen LogP contribution is -2.61. The third kappa shape index (κ3) is 1.87. The second kappa shape index (κ2) is 4.42. The highest BCUT2D eigenvalue weighted by Crippen LogP contribution is 2.48. The van der Waals surface area contributed by atoms with E-state index in [1.165, 1.54) is 5.57 Å². The molecule has 98 valence electrons. The molecule has 1 aliphatic carbocycles. The van der Waals surface area contributed by atoms with Gasteiger partial charge in [0.1, 0.15) is 0 Å². The monoisotopic (exact) mass is 235 g/mol. The Hall–Kier alpha value is -0.300. The Morgan fingerprint density at radius 3 is 1.94 bits per heavy atom. The number of fused-ring (bicyclic) bond motifs is 1. The van der Waals surface area contributed by atoms with Gasteiger partial charge in [-0.3, -0.25) is 0 Å². The predicted molar refractivity (Wildman–Crippen MR) is 74.8 cm³/mol. The summed E-state index contributed by atoms with van der Waals surface area (Å²) in [6.07, 6.45) is 0. The van der Waals surface area contributed by atoms with Gasteiger partial charge in [-0.15, -0.1) is 0 Å². The van der Waals surface area contributed by atoms with E-state index in [9.17, 15) is 0 Å². The molecule has 0 bridgehead atoms. The lowest BCUT2D eigenvalue weighted by molar-refractivity contribution is -0.00232. The fourth-order valence-corrected chi connectivity index (χ4v) is 4.38. The molecule has 0 aromatic carbocycles. The first-order valence-electron chi connectivity index (χ1n) is 7.31. The fourth-order valence-electron chi connectivity index (χ4n) is 4.38. The molecule has 0 aromatic rings. The topological polar surface area (TPSA) is 12.0 Å². The standard InChI is InChI=1S/C16H29N/c1-8-9(2)13(6)16-15(11(8)4)12(5)10(3)14(7)17-16/h8-9,11-17H,3H2,1-2,4-7H3. The van der Waals surface area contributed by atoms with Crippen LogP contribution in [0.5, 0.6) is 0 Å². The van der Waals surface area contributed by atoms with Crippen molar-refractivity contribution in [2.45, 2.75) is 53.6 Å². The van der Waals surface area contributed by atoms with Gasteiger partial charge in [0, 0.05) is 12.1 Å². The average Bonchev–Trinajstić information content (AvgIpc) is 2.30. The normalized spacial score (nSPS) is 55.5. The quantitative estimate of drug-likeness (QED) is 0.631. The first kappa shape index (κ1) is 13.1. The first-order chi connectivity index (χ1) is 7.86. The highest BCUT2D eigenvalue weighted by atomic mass is 15.0. The summed E-state index contributed by atoms with van der Waals surface area (Å²) in [5.41, 5.74) is 1.41. The van der Waals surface area contributed by atoms with Gasteiger partial charge in [-0.2, -0.15) is 0 Å². The van der Waals surface area contributed by atoms with Crippen LogP contribution < -0.4 is 5.32 Å². The molecule has 1 nitrogen and oxygen atoms in total. The van der Waals surface area contributed by atoms with Crippen molar-refractivity contribution in [2.24, 2.45) is 35.5 Å². The Labute approximate surface area is 107 Å². The molecule has 0 amide bonds. The van der Waals surface area contributed by atoms with Gasteiger partial charge in [-0.25, -0.2) is 0 Å². The van der Waals surface area contributed by atoms with Crippen molar-refractivity contribution in [1.82, 2.24) is 5.32 Å². The van der Waals surface area contributed by atoms with Crippen LogP contribution in [-0.4, -0.2) is 12.1 Å². The number of hydrogen-bond donors (Lipinski definition) is 1. The maximum Gasteiger partial charge on any atom is 0.0253 e. The predicted octanol–water partition coefficient (Wildman–Crippen LogP) is 3.71. The van der Waals surface area contributed by atoms with Crippen LogP contribution in [0.25, 0.3) is 0 Å². The van der Waals surface area contributed by atoms with Crippen molar-refractivity contribution in [1.29, 1.82) is 0 Å². The molecule has 0 aromatic heterocycles. The highest BCUT2D eigenvalue weighted by Gasteiger charge is 2.48. The number of rotatable bonds is 0. The Morgan fingerprint density at radius 1 is 0.824 bits per heavy atom. The van der Waals surface area contributed by atoms with E-state index in [0.29, 0.717) is 18.0 Å². The van der Waals surface area contributed by atoms with E-state index < -0.39 is 0 Å². The lowest BCUT2D eigenvalue weighted by Gasteiger charge is -2.55. The van der Waals surface area contributed by atoms with Crippen LogP contribution in [0.3, 0.4) is 0 Å². The molecule has 17 heavy (non-hydrogen) atoms. The third-order valence-electron chi connectivity index (χ3n) is 6.24. The van der Waals surface area contributed by atoms with Crippen LogP contribution in [0, 0.1) is 35.5 Å². The van der Waals surface area contributed by atoms with Gasteiger partial charge in [0.15, 0.2) is 0 Å². The van der Waals surface area contributed by atoms with Crippen molar-refractivity contribution in [3.8, 4) is 0 Å². The Bertz CT molecular complexity index is 309.